The van der Waals surface area contributed by atoms with Crippen molar-refractivity contribution in [2.24, 2.45) is 5.73 Å². The van der Waals surface area contributed by atoms with E-state index < -0.39 is 5.91 Å². The van der Waals surface area contributed by atoms with E-state index in [2.05, 4.69) is 0 Å². The minimum absolute atomic E-state index is 0.0113. The highest BCUT2D eigenvalue weighted by atomic mass is 32.1. The van der Waals surface area contributed by atoms with Crippen LogP contribution in [0.1, 0.15) is 4.88 Å². The molecule has 0 atom stereocenters. The van der Waals surface area contributed by atoms with E-state index >= 15 is 0 Å². The van der Waals surface area contributed by atoms with Crippen LogP contribution in [0.3, 0.4) is 0 Å². The molecule has 0 bridgehead atoms. The Hall–Kier alpha value is -1.36. The molecule has 4 nitrogen and oxygen atoms in total. The quantitative estimate of drug-likeness (QED) is 0.730. The number of carbonyl (C=O) groups is 2. The lowest BCUT2D eigenvalue weighted by Crippen LogP contribution is -2.35. The van der Waals surface area contributed by atoms with Crippen molar-refractivity contribution < 1.29 is 9.59 Å². The van der Waals surface area contributed by atoms with Gasteiger partial charge in [0.25, 0.3) is 0 Å². The zero-order valence-electron chi connectivity index (χ0n) is 6.82. The van der Waals surface area contributed by atoms with Crippen LogP contribution >= 0.6 is 11.3 Å². The number of rotatable bonds is 2. The van der Waals surface area contributed by atoms with Gasteiger partial charge in [0.05, 0.1) is 12.1 Å². The first-order valence-electron chi connectivity index (χ1n) is 3.83. The van der Waals surface area contributed by atoms with Crippen molar-refractivity contribution in [3.63, 3.8) is 0 Å². The SMILES string of the molecule is NC(=O)CN1C(=O)Cc2sccc21. The van der Waals surface area contributed by atoms with Crippen LogP contribution in [0.25, 0.3) is 0 Å². The van der Waals surface area contributed by atoms with Crippen molar-refractivity contribution in [3.8, 4) is 0 Å². The zero-order chi connectivity index (χ0) is 9.42. The van der Waals surface area contributed by atoms with Crippen LogP contribution in [-0.4, -0.2) is 18.4 Å². The molecule has 5 heteroatoms. The molecule has 0 saturated heterocycles. The van der Waals surface area contributed by atoms with Gasteiger partial charge in [0, 0.05) is 4.88 Å². The third-order valence-corrected chi connectivity index (χ3v) is 2.85. The Morgan fingerprint density at radius 1 is 1.69 bits per heavy atom. The number of fused-ring (bicyclic) bond motifs is 1. The molecule has 0 spiro atoms. The summed E-state index contributed by atoms with van der Waals surface area (Å²) in [6.07, 6.45) is 0.403. The summed E-state index contributed by atoms with van der Waals surface area (Å²) in [5, 5.41) is 1.91. The van der Waals surface area contributed by atoms with Crippen LogP contribution in [0.2, 0.25) is 0 Å². The lowest BCUT2D eigenvalue weighted by Gasteiger charge is -2.13. The number of nitrogens with two attached hydrogens (primary N) is 1. The van der Waals surface area contributed by atoms with Gasteiger partial charge in [-0.2, -0.15) is 0 Å². The second kappa shape index (κ2) is 2.85. The molecule has 2 heterocycles. The number of thiophene rings is 1. The molecular weight excluding hydrogens is 188 g/mol. The topological polar surface area (TPSA) is 63.4 Å². The van der Waals surface area contributed by atoms with Gasteiger partial charge >= 0.3 is 0 Å². The van der Waals surface area contributed by atoms with Gasteiger partial charge in [0.15, 0.2) is 0 Å². The molecule has 0 saturated carbocycles. The van der Waals surface area contributed by atoms with Crippen molar-refractivity contribution in [1.29, 1.82) is 0 Å². The highest BCUT2D eigenvalue weighted by molar-refractivity contribution is 7.10. The lowest BCUT2D eigenvalue weighted by atomic mass is 10.4. The molecular formula is C8H8N2O2S. The second-order valence-electron chi connectivity index (χ2n) is 2.85. The number of anilines is 1. The maximum absolute atomic E-state index is 11.4. The van der Waals surface area contributed by atoms with E-state index in [0.29, 0.717) is 6.42 Å². The van der Waals surface area contributed by atoms with Gasteiger partial charge < -0.3 is 10.6 Å². The van der Waals surface area contributed by atoms with E-state index in [9.17, 15) is 9.59 Å². The Morgan fingerprint density at radius 2 is 2.46 bits per heavy atom. The number of carbonyl (C=O) groups excluding carboxylic acids is 2. The molecule has 1 aromatic heterocycles. The Bertz CT molecular complexity index is 372. The average molecular weight is 196 g/mol. The molecule has 2 amide bonds. The monoisotopic (exact) mass is 196 g/mol. The number of hydrogen-bond acceptors (Lipinski definition) is 3. The maximum Gasteiger partial charge on any atom is 0.237 e. The standard InChI is InChI=1S/C8H8N2O2S/c9-7(11)4-10-5-1-2-13-6(5)3-8(10)12/h1-2H,3-4H2,(H2,9,11). The number of hydrogen-bond donors (Lipinski definition) is 1. The second-order valence-corrected chi connectivity index (χ2v) is 3.85. The van der Waals surface area contributed by atoms with Gasteiger partial charge in [-0.05, 0) is 11.4 Å². The molecule has 0 radical (unpaired) electrons. The molecule has 0 unspecified atom stereocenters. The predicted octanol–water partition coefficient (Wildman–Crippen LogP) is 0.123. The first-order valence-corrected chi connectivity index (χ1v) is 4.71. The summed E-state index contributed by atoms with van der Waals surface area (Å²) in [5.74, 6) is -0.520. The summed E-state index contributed by atoms with van der Waals surface area (Å²) < 4.78 is 0. The molecule has 0 aliphatic carbocycles. The Labute approximate surface area is 78.9 Å². The van der Waals surface area contributed by atoms with E-state index in [0.717, 1.165) is 10.6 Å². The molecule has 68 valence electrons. The summed E-state index contributed by atoms with van der Waals surface area (Å²) in [5.41, 5.74) is 5.87. The van der Waals surface area contributed by atoms with Crippen molar-refractivity contribution in [1.82, 2.24) is 0 Å². The first-order chi connectivity index (χ1) is 6.18. The largest absolute Gasteiger partial charge is 0.368 e. The zero-order valence-corrected chi connectivity index (χ0v) is 7.63. The first kappa shape index (κ1) is 8.25. The number of nitrogens with zero attached hydrogens (tertiary/aromatic N) is 1. The highest BCUT2D eigenvalue weighted by Gasteiger charge is 2.28. The lowest BCUT2D eigenvalue weighted by molar-refractivity contribution is -0.121. The van der Waals surface area contributed by atoms with E-state index in [4.69, 9.17) is 5.73 Å². The summed E-state index contributed by atoms with van der Waals surface area (Å²) in [4.78, 5) is 24.5. The summed E-state index contributed by atoms with van der Waals surface area (Å²) in [7, 11) is 0. The van der Waals surface area contributed by atoms with Gasteiger partial charge in [-0.15, -0.1) is 11.3 Å². The van der Waals surface area contributed by atoms with Crippen LogP contribution < -0.4 is 10.6 Å². The third kappa shape index (κ3) is 1.31. The van der Waals surface area contributed by atoms with E-state index in [1.54, 1.807) is 0 Å². The van der Waals surface area contributed by atoms with Gasteiger partial charge in [-0.25, -0.2) is 0 Å². The Balaban J connectivity index is 2.29. The highest BCUT2D eigenvalue weighted by Crippen LogP contribution is 2.32. The van der Waals surface area contributed by atoms with Crippen LogP contribution in [0.4, 0.5) is 5.69 Å². The molecule has 1 aliphatic heterocycles. The van der Waals surface area contributed by atoms with Crippen molar-refractivity contribution >= 4 is 28.8 Å². The fourth-order valence-electron chi connectivity index (χ4n) is 1.40. The van der Waals surface area contributed by atoms with Gasteiger partial charge in [0.2, 0.25) is 11.8 Å². The number of primary amides is 1. The molecule has 1 aromatic rings. The van der Waals surface area contributed by atoms with Crippen molar-refractivity contribution in [2.75, 3.05) is 11.4 Å². The predicted molar refractivity (Wildman–Crippen MR) is 49.6 cm³/mol. The summed E-state index contributed by atoms with van der Waals surface area (Å²) in [6.45, 7) is -0.0113. The van der Waals surface area contributed by atoms with E-state index in [-0.39, 0.29) is 12.5 Å². The van der Waals surface area contributed by atoms with Crippen LogP contribution in [0.15, 0.2) is 11.4 Å². The third-order valence-electron chi connectivity index (χ3n) is 1.94. The normalized spacial score (nSPS) is 14.8. The minimum Gasteiger partial charge on any atom is -0.368 e. The van der Waals surface area contributed by atoms with Crippen LogP contribution in [0.5, 0.6) is 0 Å². The maximum atomic E-state index is 11.4. The molecule has 2 rings (SSSR count). The molecule has 0 aromatic carbocycles. The fourth-order valence-corrected chi connectivity index (χ4v) is 2.27. The van der Waals surface area contributed by atoms with Crippen molar-refractivity contribution in [3.05, 3.63) is 16.3 Å². The van der Waals surface area contributed by atoms with Gasteiger partial charge in [-0.3, -0.25) is 9.59 Å². The Morgan fingerprint density at radius 3 is 3.15 bits per heavy atom. The van der Waals surface area contributed by atoms with Crippen LogP contribution in [0, 0.1) is 0 Å². The smallest absolute Gasteiger partial charge is 0.237 e. The van der Waals surface area contributed by atoms with E-state index in [1.807, 2.05) is 11.4 Å². The molecule has 1 aliphatic rings. The average Bonchev–Trinajstić information content (AvgIpc) is 2.55. The van der Waals surface area contributed by atoms with Crippen LogP contribution in [-0.2, 0) is 16.0 Å². The Kier molecular flexibility index (Phi) is 1.81. The summed E-state index contributed by atoms with van der Waals surface area (Å²) in [6, 6.07) is 1.84. The van der Waals surface area contributed by atoms with Crippen molar-refractivity contribution in [2.45, 2.75) is 6.42 Å². The molecule has 13 heavy (non-hydrogen) atoms. The fraction of sp³-hybridized carbons (Fsp3) is 0.250. The molecule has 0 fully saturated rings. The van der Waals surface area contributed by atoms with E-state index in [1.165, 1.54) is 16.2 Å². The summed E-state index contributed by atoms with van der Waals surface area (Å²) >= 11 is 1.53. The van der Waals surface area contributed by atoms with Gasteiger partial charge in [0.1, 0.15) is 6.54 Å². The molecule has 2 N–H and O–H groups in total. The van der Waals surface area contributed by atoms with Gasteiger partial charge in [-0.1, -0.05) is 0 Å². The minimum atomic E-state index is -0.479. The number of amides is 2.